The van der Waals surface area contributed by atoms with Crippen LogP contribution in [-0.2, 0) is 9.53 Å². The molecule has 0 spiro atoms. The van der Waals surface area contributed by atoms with Crippen LogP contribution < -0.4 is 0 Å². The number of benzene rings is 1. The van der Waals surface area contributed by atoms with Crippen molar-refractivity contribution in [2.45, 2.75) is 25.0 Å². The van der Waals surface area contributed by atoms with Crippen LogP contribution in [0.2, 0.25) is 5.02 Å². The fraction of sp³-hybridized carbons (Fsp3) is 0.375. The third-order valence-electron chi connectivity index (χ3n) is 4.27. The number of aliphatic carboxylic acids is 1. The number of likely N-dealkylation sites (tertiary alicyclic amines) is 1. The van der Waals surface area contributed by atoms with E-state index in [2.05, 4.69) is 10.3 Å². The molecule has 1 aliphatic rings. The van der Waals surface area contributed by atoms with Crippen molar-refractivity contribution in [1.29, 1.82) is 0 Å². The Morgan fingerprint density at radius 1 is 1.46 bits per heavy atom. The quantitative estimate of drug-likeness (QED) is 0.846. The highest BCUT2D eigenvalue weighted by atomic mass is 35.5. The number of nitrogens with zero attached hydrogens (tertiary/aromatic N) is 4. The normalized spacial score (nSPS) is 19.7. The number of hydrogen-bond donors (Lipinski definition) is 1. The van der Waals surface area contributed by atoms with Gasteiger partial charge in [-0.25, -0.2) is 9.07 Å². The Balaban J connectivity index is 1.85. The molecular formula is C16H16ClFN4O4. The first-order valence-electron chi connectivity index (χ1n) is 7.83. The zero-order valence-electron chi connectivity index (χ0n) is 13.8. The van der Waals surface area contributed by atoms with Crippen molar-refractivity contribution in [3.8, 4) is 5.69 Å². The highest BCUT2D eigenvalue weighted by molar-refractivity contribution is 6.30. The lowest BCUT2D eigenvalue weighted by Gasteiger charge is -2.21. The maximum absolute atomic E-state index is 14.1. The van der Waals surface area contributed by atoms with Crippen LogP contribution >= 0.6 is 11.6 Å². The number of amides is 1. The fourth-order valence-corrected chi connectivity index (χ4v) is 3.15. The third kappa shape index (κ3) is 3.54. The van der Waals surface area contributed by atoms with Gasteiger partial charge in [0, 0.05) is 19.7 Å². The molecule has 2 aromatic rings. The van der Waals surface area contributed by atoms with Gasteiger partial charge in [0.15, 0.2) is 11.5 Å². The van der Waals surface area contributed by atoms with Gasteiger partial charge in [0.25, 0.3) is 5.91 Å². The summed E-state index contributed by atoms with van der Waals surface area (Å²) in [4.78, 5) is 25.2. The third-order valence-corrected chi connectivity index (χ3v) is 4.56. The summed E-state index contributed by atoms with van der Waals surface area (Å²) in [5, 5.41) is 16.5. The SMILES string of the molecule is COC1CC(CC(=O)O)N(C(=O)c2cn(-c3cccc(Cl)c3F)nn2)C1. The number of rotatable bonds is 5. The van der Waals surface area contributed by atoms with E-state index < -0.39 is 23.7 Å². The highest BCUT2D eigenvalue weighted by Crippen LogP contribution is 2.25. The van der Waals surface area contributed by atoms with Crippen LogP contribution in [0.1, 0.15) is 23.3 Å². The minimum atomic E-state index is -1.01. The number of carboxylic acid groups (broad SMARTS) is 1. The number of aromatic nitrogens is 3. The van der Waals surface area contributed by atoms with Crippen LogP contribution in [0.5, 0.6) is 0 Å². The topological polar surface area (TPSA) is 97.6 Å². The van der Waals surface area contributed by atoms with E-state index in [0.29, 0.717) is 6.42 Å². The molecule has 26 heavy (non-hydrogen) atoms. The summed E-state index contributed by atoms with van der Waals surface area (Å²) >= 11 is 5.76. The maximum Gasteiger partial charge on any atom is 0.305 e. The summed E-state index contributed by atoms with van der Waals surface area (Å²) < 4.78 is 20.5. The summed E-state index contributed by atoms with van der Waals surface area (Å²) in [7, 11) is 1.51. The predicted molar refractivity (Wildman–Crippen MR) is 88.8 cm³/mol. The van der Waals surface area contributed by atoms with Gasteiger partial charge in [0.05, 0.1) is 23.7 Å². The van der Waals surface area contributed by atoms with Gasteiger partial charge in [-0.05, 0) is 18.6 Å². The second-order valence-electron chi connectivity index (χ2n) is 5.92. The molecule has 0 aliphatic carbocycles. The van der Waals surface area contributed by atoms with Crippen molar-refractivity contribution in [3.63, 3.8) is 0 Å². The smallest absolute Gasteiger partial charge is 0.305 e. The lowest BCUT2D eigenvalue weighted by atomic mass is 10.1. The zero-order chi connectivity index (χ0) is 18.8. The average molecular weight is 383 g/mol. The molecule has 1 fully saturated rings. The van der Waals surface area contributed by atoms with Crippen LogP contribution in [0.25, 0.3) is 5.69 Å². The predicted octanol–water partition coefficient (Wildman–Crippen LogP) is 1.76. The molecule has 2 unspecified atom stereocenters. The first-order chi connectivity index (χ1) is 12.4. The first-order valence-corrected chi connectivity index (χ1v) is 8.20. The maximum atomic E-state index is 14.1. The van der Waals surface area contributed by atoms with Crippen molar-refractivity contribution in [2.75, 3.05) is 13.7 Å². The molecule has 138 valence electrons. The van der Waals surface area contributed by atoms with E-state index in [1.54, 1.807) is 6.07 Å². The lowest BCUT2D eigenvalue weighted by molar-refractivity contribution is -0.138. The summed E-state index contributed by atoms with van der Waals surface area (Å²) in [5.74, 6) is -2.17. The van der Waals surface area contributed by atoms with E-state index in [1.807, 2.05) is 0 Å². The van der Waals surface area contributed by atoms with Gasteiger partial charge in [0.1, 0.15) is 5.69 Å². The minimum Gasteiger partial charge on any atom is -0.481 e. The molecule has 2 atom stereocenters. The molecule has 2 heterocycles. The monoisotopic (exact) mass is 382 g/mol. The average Bonchev–Trinajstić information content (AvgIpc) is 3.23. The van der Waals surface area contributed by atoms with Crippen LogP contribution in [0.4, 0.5) is 4.39 Å². The molecule has 3 rings (SSSR count). The van der Waals surface area contributed by atoms with Gasteiger partial charge in [0.2, 0.25) is 0 Å². The number of carbonyl (C=O) groups excluding carboxylic acids is 1. The second kappa shape index (κ2) is 7.38. The Kier molecular flexibility index (Phi) is 5.19. The summed E-state index contributed by atoms with van der Waals surface area (Å²) in [5.41, 5.74) is 0.0406. The molecule has 0 radical (unpaired) electrons. The molecule has 1 aliphatic heterocycles. The molecule has 0 bridgehead atoms. The molecule has 1 N–H and O–H groups in total. The zero-order valence-corrected chi connectivity index (χ0v) is 14.6. The van der Waals surface area contributed by atoms with Crippen molar-refractivity contribution in [1.82, 2.24) is 19.9 Å². The summed E-state index contributed by atoms with van der Waals surface area (Å²) in [6, 6.07) is 3.90. The largest absolute Gasteiger partial charge is 0.481 e. The Morgan fingerprint density at radius 3 is 2.92 bits per heavy atom. The van der Waals surface area contributed by atoms with Gasteiger partial charge in [-0.1, -0.05) is 22.9 Å². The molecule has 1 aromatic carbocycles. The van der Waals surface area contributed by atoms with E-state index in [-0.39, 0.29) is 35.5 Å². The minimum absolute atomic E-state index is 0.0171. The van der Waals surface area contributed by atoms with Crippen molar-refractivity contribution in [3.05, 3.63) is 40.9 Å². The summed E-state index contributed by atoms with van der Waals surface area (Å²) in [6.45, 7) is 0.256. The number of hydrogen-bond acceptors (Lipinski definition) is 5. The molecule has 10 heteroatoms. The number of ether oxygens (including phenoxy) is 1. The molecule has 8 nitrogen and oxygen atoms in total. The van der Waals surface area contributed by atoms with Crippen molar-refractivity contribution < 1.29 is 23.8 Å². The van der Waals surface area contributed by atoms with Gasteiger partial charge in [-0.2, -0.15) is 0 Å². The van der Waals surface area contributed by atoms with Gasteiger partial charge in [-0.3, -0.25) is 9.59 Å². The van der Waals surface area contributed by atoms with Crippen LogP contribution in [-0.4, -0.2) is 62.7 Å². The van der Waals surface area contributed by atoms with E-state index in [4.69, 9.17) is 21.4 Å². The number of carboxylic acids is 1. The highest BCUT2D eigenvalue weighted by Gasteiger charge is 2.37. The van der Waals surface area contributed by atoms with Crippen LogP contribution in [0, 0.1) is 5.82 Å². The molecule has 1 saturated heterocycles. The van der Waals surface area contributed by atoms with Gasteiger partial charge >= 0.3 is 5.97 Å². The van der Waals surface area contributed by atoms with E-state index in [9.17, 15) is 14.0 Å². The lowest BCUT2D eigenvalue weighted by Crippen LogP contribution is -2.37. The molecule has 1 amide bonds. The fourth-order valence-electron chi connectivity index (χ4n) is 2.98. The molecule has 0 saturated carbocycles. The van der Waals surface area contributed by atoms with Gasteiger partial charge in [-0.15, -0.1) is 5.10 Å². The Labute approximate surface area is 153 Å². The number of halogens is 2. The Bertz CT molecular complexity index is 843. The van der Waals surface area contributed by atoms with E-state index in [1.165, 1.54) is 30.3 Å². The summed E-state index contributed by atoms with van der Waals surface area (Å²) in [6.07, 6.45) is 1.27. The number of carbonyl (C=O) groups is 2. The second-order valence-corrected chi connectivity index (χ2v) is 6.33. The first kappa shape index (κ1) is 18.3. The van der Waals surface area contributed by atoms with Gasteiger partial charge < -0.3 is 14.7 Å². The van der Waals surface area contributed by atoms with Crippen molar-refractivity contribution >= 4 is 23.5 Å². The van der Waals surface area contributed by atoms with E-state index in [0.717, 1.165) is 4.68 Å². The van der Waals surface area contributed by atoms with Crippen LogP contribution in [0.3, 0.4) is 0 Å². The molecule has 1 aromatic heterocycles. The Morgan fingerprint density at radius 2 is 2.23 bits per heavy atom. The number of methoxy groups -OCH3 is 1. The molecular weight excluding hydrogens is 367 g/mol. The Hall–Kier alpha value is -2.52. The van der Waals surface area contributed by atoms with Crippen molar-refractivity contribution in [2.24, 2.45) is 0 Å². The van der Waals surface area contributed by atoms with E-state index >= 15 is 0 Å². The van der Waals surface area contributed by atoms with Crippen LogP contribution in [0.15, 0.2) is 24.4 Å². The standard InChI is InChI=1S/C16H16ClFN4O4/c1-26-10-5-9(6-14(23)24)21(7-10)16(25)12-8-22(20-19-12)13-4-2-3-11(17)15(13)18/h2-4,8-10H,5-7H2,1H3,(H,23,24).